The van der Waals surface area contributed by atoms with E-state index >= 15 is 0 Å². The molecule has 2 heterocycles. The molecule has 2 aromatic rings. The summed E-state index contributed by atoms with van der Waals surface area (Å²) in [4.78, 5) is 18.1. The zero-order chi connectivity index (χ0) is 11.0. The largest absolute Gasteiger partial charge is 0.481 e. The number of nitrogens with one attached hydrogen (secondary N) is 1. The highest BCUT2D eigenvalue weighted by Crippen LogP contribution is 2.20. The van der Waals surface area contributed by atoms with Crippen LogP contribution in [0.15, 0.2) is 12.3 Å². The molecule has 0 amide bonds. The van der Waals surface area contributed by atoms with Crippen LogP contribution in [0.4, 0.5) is 0 Å². The molecule has 2 aromatic heterocycles. The zero-order valence-corrected chi connectivity index (χ0v) is 8.66. The predicted octanol–water partition coefficient (Wildman–Crippen LogP) is 1.81. The van der Waals surface area contributed by atoms with Crippen molar-refractivity contribution in [1.29, 1.82) is 0 Å². The summed E-state index contributed by atoms with van der Waals surface area (Å²) < 4.78 is 0. The van der Waals surface area contributed by atoms with Gasteiger partial charge >= 0.3 is 5.97 Å². The van der Waals surface area contributed by atoms with E-state index in [1.165, 1.54) is 0 Å². The summed E-state index contributed by atoms with van der Waals surface area (Å²) >= 11 is 0. The molecule has 0 atom stereocenters. The predicted molar refractivity (Wildman–Crippen MR) is 56.9 cm³/mol. The van der Waals surface area contributed by atoms with Crippen molar-refractivity contribution in [3.8, 4) is 0 Å². The fourth-order valence-corrected chi connectivity index (χ4v) is 1.78. The van der Waals surface area contributed by atoms with E-state index in [-0.39, 0.29) is 6.42 Å². The summed E-state index contributed by atoms with van der Waals surface area (Å²) in [6.07, 6.45) is 1.73. The first-order valence-corrected chi connectivity index (χ1v) is 4.74. The van der Waals surface area contributed by atoms with Gasteiger partial charge in [-0.1, -0.05) is 0 Å². The number of aryl methyl sites for hydroxylation is 2. The maximum Gasteiger partial charge on any atom is 0.307 e. The molecule has 0 fully saturated rings. The molecule has 0 aliphatic rings. The molecule has 0 radical (unpaired) electrons. The fourth-order valence-electron chi connectivity index (χ4n) is 1.78. The first-order chi connectivity index (χ1) is 7.08. The van der Waals surface area contributed by atoms with Crippen molar-refractivity contribution in [1.82, 2.24) is 9.97 Å². The third-order valence-corrected chi connectivity index (χ3v) is 2.38. The monoisotopic (exact) mass is 204 g/mol. The van der Waals surface area contributed by atoms with Crippen molar-refractivity contribution >= 4 is 17.0 Å². The van der Waals surface area contributed by atoms with Crippen molar-refractivity contribution < 1.29 is 9.90 Å². The Labute approximate surface area is 87.0 Å². The number of H-pyrrole nitrogens is 1. The molecule has 0 unspecified atom stereocenters. The number of aromatic amines is 1. The number of nitrogens with zero attached hydrogens (tertiary/aromatic N) is 1. The molecule has 78 valence electrons. The highest BCUT2D eigenvalue weighted by atomic mass is 16.4. The third kappa shape index (κ3) is 1.70. The molecule has 0 bridgehead atoms. The Morgan fingerprint density at radius 2 is 2.27 bits per heavy atom. The minimum absolute atomic E-state index is 0.00981. The van der Waals surface area contributed by atoms with Gasteiger partial charge in [-0.05, 0) is 25.5 Å². The minimum Gasteiger partial charge on any atom is -0.481 e. The van der Waals surface area contributed by atoms with Gasteiger partial charge in [0.1, 0.15) is 0 Å². The SMILES string of the molecule is Cc1cc(C)c2[nH]cc(CC(=O)O)c2n1. The van der Waals surface area contributed by atoms with E-state index in [1.54, 1.807) is 6.20 Å². The number of carbonyl (C=O) groups is 1. The molecule has 0 aliphatic heterocycles. The summed E-state index contributed by atoms with van der Waals surface area (Å²) in [6.45, 7) is 3.89. The lowest BCUT2D eigenvalue weighted by atomic mass is 10.1. The zero-order valence-electron chi connectivity index (χ0n) is 8.66. The molecule has 0 saturated carbocycles. The number of carboxylic acids is 1. The summed E-state index contributed by atoms with van der Waals surface area (Å²) in [7, 11) is 0. The Morgan fingerprint density at radius 3 is 2.93 bits per heavy atom. The van der Waals surface area contributed by atoms with E-state index in [0.29, 0.717) is 0 Å². The lowest BCUT2D eigenvalue weighted by molar-refractivity contribution is -0.136. The molecule has 0 aliphatic carbocycles. The van der Waals surface area contributed by atoms with Crippen LogP contribution in [-0.2, 0) is 11.2 Å². The summed E-state index contributed by atoms with van der Waals surface area (Å²) in [5.41, 5.74) is 4.44. The van der Waals surface area contributed by atoms with Crippen molar-refractivity contribution in [3.63, 3.8) is 0 Å². The Hall–Kier alpha value is -1.84. The van der Waals surface area contributed by atoms with E-state index in [0.717, 1.165) is 27.9 Å². The molecule has 0 saturated heterocycles. The molecule has 0 aromatic carbocycles. The first-order valence-electron chi connectivity index (χ1n) is 4.74. The van der Waals surface area contributed by atoms with Crippen LogP contribution in [0.3, 0.4) is 0 Å². The lowest BCUT2D eigenvalue weighted by Gasteiger charge is -1.99. The Bertz CT molecular complexity index is 529. The molecular formula is C11H12N2O2. The van der Waals surface area contributed by atoms with E-state index in [1.807, 2.05) is 19.9 Å². The first kappa shape index (κ1) is 9.71. The van der Waals surface area contributed by atoms with E-state index in [2.05, 4.69) is 9.97 Å². The minimum atomic E-state index is -0.836. The Morgan fingerprint density at radius 1 is 1.53 bits per heavy atom. The van der Waals surface area contributed by atoms with Crippen molar-refractivity contribution in [2.45, 2.75) is 20.3 Å². The van der Waals surface area contributed by atoms with Crippen LogP contribution in [-0.4, -0.2) is 21.0 Å². The second-order valence-electron chi connectivity index (χ2n) is 3.69. The highest BCUT2D eigenvalue weighted by molar-refractivity contribution is 5.85. The number of aromatic nitrogens is 2. The van der Waals surface area contributed by atoms with Gasteiger partial charge in [-0.25, -0.2) is 0 Å². The number of carboxylic acid groups (broad SMARTS) is 1. The van der Waals surface area contributed by atoms with Gasteiger partial charge in [0, 0.05) is 17.5 Å². The summed E-state index contributed by atoms with van der Waals surface area (Å²) in [6, 6.07) is 1.98. The quantitative estimate of drug-likeness (QED) is 0.784. The molecule has 2 N–H and O–H groups in total. The highest BCUT2D eigenvalue weighted by Gasteiger charge is 2.10. The van der Waals surface area contributed by atoms with Gasteiger partial charge in [0.2, 0.25) is 0 Å². The topological polar surface area (TPSA) is 66.0 Å². The molecule has 0 spiro atoms. The maximum atomic E-state index is 10.6. The van der Waals surface area contributed by atoms with Crippen LogP contribution in [0.1, 0.15) is 16.8 Å². The number of aliphatic carboxylic acids is 1. The molecule has 15 heavy (non-hydrogen) atoms. The second-order valence-corrected chi connectivity index (χ2v) is 3.69. The average Bonchev–Trinajstić information content (AvgIpc) is 2.48. The lowest BCUT2D eigenvalue weighted by Crippen LogP contribution is -1.99. The van der Waals surface area contributed by atoms with Crippen LogP contribution in [0, 0.1) is 13.8 Å². The second kappa shape index (κ2) is 3.38. The maximum absolute atomic E-state index is 10.6. The van der Waals surface area contributed by atoms with E-state index in [9.17, 15) is 4.79 Å². The Balaban J connectivity index is 2.63. The van der Waals surface area contributed by atoms with Crippen molar-refractivity contribution in [2.24, 2.45) is 0 Å². The van der Waals surface area contributed by atoms with Crippen molar-refractivity contribution in [2.75, 3.05) is 0 Å². The van der Waals surface area contributed by atoms with Crippen LogP contribution < -0.4 is 0 Å². The summed E-state index contributed by atoms with van der Waals surface area (Å²) in [5.74, 6) is -0.836. The summed E-state index contributed by atoms with van der Waals surface area (Å²) in [5, 5.41) is 8.74. The third-order valence-electron chi connectivity index (χ3n) is 2.38. The molecule has 2 rings (SSSR count). The van der Waals surface area contributed by atoms with Gasteiger partial charge in [0.15, 0.2) is 0 Å². The van der Waals surface area contributed by atoms with Crippen molar-refractivity contribution in [3.05, 3.63) is 29.1 Å². The van der Waals surface area contributed by atoms with Gasteiger partial charge in [0.05, 0.1) is 17.5 Å². The van der Waals surface area contributed by atoms with Gasteiger partial charge in [-0.3, -0.25) is 9.78 Å². The van der Waals surface area contributed by atoms with Gasteiger partial charge < -0.3 is 10.1 Å². The average molecular weight is 204 g/mol. The standard InChI is InChI=1S/C11H12N2O2/c1-6-3-7(2)13-11-8(4-9(14)15)5-12-10(6)11/h3,5,12H,4H2,1-2H3,(H,14,15). The normalized spacial score (nSPS) is 10.8. The van der Waals surface area contributed by atoms with Crippen LogP contribution in [0.25, 0.3) is 11.0 Å². The van der Waals surface area contributed by atoms with E-state index < -0.39 is 5.97 Å². The number of pyridine rings is 1. The van der Waals surface area contributed by atoms with Crippen LogP contribution in [0.5, 0.6) is 0 Å². The van der Waals surface area contributed by atoms with Gasteiger partial charge in [-0.2, -0.15) is 0 Å². The van der Waals surface area contributed by atoms with Crippen LogP contribution in [0.2, 0.25) is 0 Å². The fraction of sp³-hybridized carbons (Fsp3) is 0.273. The molecular weight excluding hydrogens is 192 g/mol. The Kier molecular flexibility index (Phi) is 2.19. The van der Waals surface area contributed by atoms with Gasteiger partial charge in [-0.15, -0.1) is 0 Å². The van der Waals surface area contributed by atoms with Crippen LogP contribution >= 0.6 is 0 Å². The number of fused-ring (bicyclic) bond motifs is 1. The molecule has 4 heteroatoms. The smallest absolute Gasteiger partial charge is 0.307 e. The molecule has 4 nitrogen and oxygen atoms in total. The van der Waals surface area contributed by atoms with Gasteiger partial charge in [0.25, 0.3) is 0 Å². The number of hydrogen-bond donors (Lipinski definition) is 2. The van der Waals surface area contributed by atoms with E-state index in [4.69, 9.17) is 5.11 Å². The number of rotatable bonds is 2. The number of hydrogen-bond acceptors (Lipinski definition) is 2.